The van der Waals surface area contributed by atoms with Crippen LogP contribution in [0.5, 0.6) is 0 Å². The molecule has 3 fully saturated rings. The Balaban J connectivity index is 1.17. The highest BCUT2D eigenvalue weighted by atomic mass is 16.3. The van der Waals surface area contributed by atoms with Gasteiger partial charge in [0.05, 0.1) is 6.04 Å². The minimum absolute atomic E-state index is 0.0204. The normalized spacial score (nSPS) is 26.7. The zero-order valence-corrected chi connectivity index (χ0v) is 23.3. The van der Waals surface area contributed by atoms with E-state index in [0.717, 1.165) is 42.0 Å². The number of nitrogens with zero attached hydrogens (tertiary/aromatic N) is 1. The maximum atomic E-state index is 13.3. The van der Waals surface area contributed by atoms with Crippen LogP contribution in [-0.2, 0) is 5.60 Å². The van der Waals surface area contributed by atoms with Gasteiger partial charge in [0.15, 0.2) is 0 Å². The Labute approximate surface area is 229 Å². The molecule has 3 aliphatic rings. The van der Waals surface area contributed by atoms with Crippen molar-refractivity contribution in [3.63, 3.8) is 0 Å². The first-order chi connectivity index (χ1) is 18.4. The van der Waals surface area contributed by atoms with E-state index < -0.39 is 11.6 Å². The van der Waals surface area contributed by atoms with E-state index in [-0.39, 0.29) is 18.0 Å². The average molecular weight is 518 g/mol. The second-order valence-electron chi connectivity index (χ2n) is 12.4. The van der Waals surface area contributed by atoms with Crippen molar-refractivity contribution in [2.45, 2.75) is 108 Å². The number of carbonyl (C=O) groups is 1. The molecule has 2 bridgehead atoms. The molecule has 38 heavy (non-hydrogen) atoms. The van der Waals surface area contributed by atoms with E-state index in [1.165, 1.54) is 57.9 Å². The number of benzene rings is 2. The van der Waals surface area contributed by atoms with Crippen molar-refractivity contribution >= 4 is 6.03 Å². The molecular formula is C33H47N3O2. The third-order valence-electron chi connectivity index (χ3n) is 9.65. The van der Waals surface area contributed by atoms with Crippen LogP contribution < -0.4 is 10.6 Å². The number of hydrogen-bond donors (Lipinski definition) is 3. The molecule has 2 saturated heterocycles. The fraction of sp³-hybridized carbons (Fsp3) is 0.606. The van der Waals surface area contributed by atoms with E-state index in [9.17, 15) is 9.90 Å². The molecule has 2 aromatic carbocycles. The van der Waals surface area contributed by atoms with Crippen LogP contribution in [0, 0.1) is 11.8 Å². The molecule has 206 valence electrons. The highest BCUT2D eigenvalue weighted by Gasteiger charge is 2.43. The van der Waals surface area contributed by atoms with Gasteiger partial charge in [-0.2, -0.15) is 0 Å². The molecular weight excluding hydrogens is 470 g/mol. The Morgan fingerprint density at radius 2 is 1.42 bits per heavy atom. The molecule has 3 N–H and O–H groups in total. The van der Waals surface area contributed by atoms with Crippen LogP contribution >= 0.6 is 0 Å². The summed E-state index contributed by atoms with van der Waals surface area (Å²) in [6.45, 7) is 5.38. The number of hydrogen-bond acceptors (Lipinski definition) is 3. The SMILES string of the molecule is CC(C)[C@@H](NC(=O)NC1CCC(CCN2[C@@H]3CCC[C@H]2CC3)CC1)C(O)(c1ccccc1)c1ccccc1. The van der Waals surface area contributed by atoms with E-state index in [0.29, 0.717) is 0 Å². The van der Waals surface area contributed by atoms with Gasteiger partial charge in [0, 0.05) is 18.1 Å². The van der Waals surface area contributed by atoms with Crippen LogP contribution in [0.3, 0.4) is 0 Å². The second-order valence-corrected chi connectivity index (χ2v) is 12.4. The van der Waals surface area contributed by atoms with Gasteiger partial charge in [-0.05, 0) is 87.3 Å². The van der Waals surface area contributed by atoms with Gasteiger partial charge in [-0.3, -0.25) is 4.90 Å². The first kappa shape index (κ1) is 27.2. The van der Waals surface area contributed by atoms with Gasteiger partial charge in [0.1, 0.15) is 5.60 Å². The number of rotatable bonds is 9. The summed E-state index contributed by atoms with van der Waals surface area (Å²) in [5, 5.41) is 18.7. The maximum absolute atomic E-state index is 13.3. The Morgan fingerprint density at radius 3 is 1.95 bits per heavy atom. The molecule has 0 unspecified atom stereocenters. The maximum Gasteiger partial charge on any atom is 0.315 e. The minimum Gasteiger partial charge on any atom is -0.378 e. The standard InChI is InChI=1S/C33H47N3O2/c1-24(2)31(33(38,26-10-5-3-6-11-26)27-12-7-4-8-13-27)35-32(37)34-28-18-16-25(17-19-28)22-23-36-29-14-9-15-30(36)21-20-29/h3-8,10-13,24-25,28-31,38H,9,14-23H2,1-2H3,(H2,34,35,37)/t25?,28?,29-,30+,31-/m1/s1. The van der Waals surface area contributed by atoms with E-state index in [1.54, 1.807) is 0 Å². The molecule has 2 heterocycles. The fourth-order valence-electron chi connectivity index (χ4n) is 7.55. The topological polar surface area (TPSA) is 64.6 Å². The van der Waals surface area contributed by atoms with Crippen LogP contribution in [0.4, 0.5) is 4.79 Å². The van der Waals surface area contributed by atoms with Crippen molar-refractivity contribution < 1.29 is 9.90 Å². The fourth-order valence-corrected chi connectivity index (χ4v) is 7.55. The average Bonchev–Trinajstić information content (AvgIpc) is 3.16. The number of carbonyl (C=O) groups excluding carboxylic acids is 1. The molecule has 5 heteroatoms. The van der Waals surface area contributed by atoms with Crippen LogP contribution in [0.15, 0.2) is 60.7 Å². The van der Waals surface area contributed by atoms with Crippen molar-refractivity contribution in [3.8, 4) is 0 Å². The molecule has 2 aromatic rings. The lowest BCUT2D eigenvalue weighted by atomic mass is 9.76. The summed E-state index contributed by atoms with van der Waals surface area (Å²) in [5.74, 6) is 0.800. The summed E-state index contributed by atoms with van der Waals surface area (Å²) in [6, 6.07) is 20.7. The predicted molar refractivity (Wildman–Crippen MR) is 154 cm³/mol. The van der Waals surface area contributed by atoms with Gasteiger partial charge in [-0.25, -0.2) is 4.79 Å². The summed E-state index contributed by atoms with van der Waals surface area (Å²) >= 11 is 0. The van der Waals surface area contributed by atoms with Gasteiger partial charge in [0.25, 0.3) is 0 Å². The minimum atomic E-state index is -1.33. The highest BCUT2D eigenvalue weighted by molar-refractivity contribution is 5.75. The molecule has 2 aliphatic heterocycles. The van der Waals surface area contributed by atoms with Gasteiger partial charge in [0.2, 0.25) is 0 Å². The monoisotopic (exact) mass is 517 g/mol. The molecule has 3 atom stereocenters. The van der Waals surface area contributed by atoms with Crippen LogP contribution in [0.1, 0.15) is 89.2 Å². The number of piperidine rings is 1. The Hall–Kier alpha value is -2.37. The third kappa shape index (κ3) is 5.94. The number of urea groups is 1. The van der Waals surface area contributed by atoms with Crippen molar-refractivity contribution in [2.24, 2.45) is 11.8 Å². The molecule has 1 saturated carbocycles. The molecule has 0 radical (unpaired) electrons. The Kier molecular flexibility index (Phi) is 8.74. The summed E-state index contributed by atoms with van der Waals surface area (Å²) in [6.07, 6.45) is 12.8. The van der Waals surface area contributed by atoms with Gasteiger partial charge in [-0.1, -0.05) is 80.9 Å². The first-order valence-electron chi connectivity index (χ1n) is 15.1. The largest absolute Gasteiger partial charge is 0.378 e. The van der Waals surface area contributed by atoms with E-state index in [1.807, 2.05) is 60.7 Å². The first-order valence-corrected chi connectivity index (χ1v) is 15.1. The number of fused-ring (bicyclic) bond motifs is 2. The Morgan fingerprint density at radius 1 is 0.868 bits per heavy atom. The van der Waals surface area contributed by atoms with E-state index in [2.05, 4.69) is 29.4 Å². The third-order valence-corrected chi connectivity index (χ3v) is 9.65. The van der Waals surface area contributed by atoms with Gasteiger partial charge >= 0.3 is 6.03 Å². The number of nitrogens with one attached hydrogen (secondary N) is 2. The summed E-state index contributed by atoms with van der Waals surface area (Å²) in [7, 11) is 0. The smallest absolute Gasteiger partial charge is 0.315 e. The molecule has 5 rings (SSSR count). The quantitative estimate of drug-likeness (QED) is 0.370. The lowest BCUT2D eigenvalue weighted by Crippen LogP contribution is -2.57. The van der Waals surface area contributed by atoms with Crippen LogP contribution in [0.25, 0.3) is 0 Å². The lowest BCUT2D eigenvalue weighted by Gasteiger charge is -2.40. The van der Waals surface area contributed by atoms with E-state index in [4.69, 9.17) is 0 Å². The van der Waals surface area contributed by atoms with Gasteiger partial charge in [-0.15, -0.1) is 0 Å². The van der Waals surface area contributed by atoms with Crippen molar-refractivity contribution in [2.75, 3.05) is 6.54 Å². The summed E-state index contributed by atoms with van der Waals surface area (Å²) in [5.41, 5.74) is 0.236. The van der Waals surface area contributed by atoms with Crippen LogP contribution in [-0.4, -0.2) is 46.7 Å². The molecule has 2 amide bonds. The van der Waals surface area contributed by atoms with Gasteiger partial charge < -0.3 is 15.7 Å². The highest BCUT2D eigenvalue weighted by Crippen LogP contribution is 2.38. The van der Waals surface area contributed by atoms with E-state index >= 15 is 0 Å². The lowest BCUT2D eigenvalue weighted by molar-refractivity contribution is 0.0232. The predicted octanol–water partition coefficient (Wildman–Crippen LogP) is 6.21. The second kappa shape index (κ2) is 12.2. The molecule has 0 aromatic heterocycles. The summed E-state index contributed by atoms with van der Waals surface area (Å²) < 4.78 is 0. The molecule has 1 aliphatic carbocycles. The Bertz CT molecular complexity index is 964. The zero-order valence-electron chi connectivity index (χ0n) is 23.3. The molecule has 5 nitrogen and oxygen atoms in total. The van der Waals surface area contributed by atoms with Crippen molar-refractivity contribution in [1.82, 2.24) is 15.5 Å². The van der Waals surface area contributed by atoms with Crippen LogP contribution in [0.2, 0.25) is 0 Å². The van der Waals surface area contributed by atoms with Crippen molar-refractivity contribution in [1.29, 1.82) is 0 Å². The number of amides is 2. The zero-order chi connectivity index (χ0) is 26.5. The van der Waals surface area contributed by atoms with Crippen molar-refractivity contribution in [3.05, 3.63) is 71.8 Å². The molecule has 0 spiro atoms. The number of aliphatic hydroxyl groups is 1. The summed E-state index contributed by atoms with van der Waals surface area (Å²) in [4.78, 5) is 16.1.